The molecule has 0 aliphatic heterocycles. The van der Waals surface area contributed by atoms with Crippen molar-refractivity contribution in [1.29, 1.82) is 0 Å². The van der Waals surface area contributed by atoms with Gasteiger partial charge in [-0.2, -0.15) is 0 Å². The molecule has 114 valence electrons. The molecule has 1 aliphatic rings. The summed E-state index contributed by atoms with van der Waals surface area (Å²) in [5.74, 6) is 0. The topological polar surface area (TPSA) is 33.1 Å². The minimum absolute atomic E-state index is 0.355. The monoisotopic (exact) mass is 278 g/mol. The largest absolute Gasteiger partial charge is 0.333 e. The molecule has 1 fully saturated rings. The fraction of sp³-hybridized carbons (Fsp3) is 0.812. The third-order valence-corrected chi connectivity index (χ3v) is 4.76. The summed E-state index contributed by atoms with van der Waals surface area (Å²) >= 11 is 0. The van der Waals surface area contributed by atoms with Crippen molar-refractivity contribution < 1.29 is 0 Å². The molecule has 4 nitrogen and oxygen atoms in total. The molecule has 0 radical (unpaired) electrons. The minimum Gasteiger partial charge on any atom is -0.333 e. The average Bonchev–Trinajstić information content (AvgIpc) is 2.88. The number of aromatic nitrogens is 2. The molecule has 1 aromatic heterocycles. The van der Waals surface area contributed by atoms with Gasteiger partial charge in [0.05, 0.1) is 12.0 Å². The quantitative estimate of drug-likeness (QED) is 0.832. The third-order valence-electron chi connectivity index (χ3n) is 4.76. The molecule has 2 rings (SSSR count). The Labute approximate surface area is 123 Å². The first-order valence-electron chi connectivity index (χ1n) is 8.05. The molecule has 0 aromatic carbocycles. The zero-order chi connectivity index (χ0) is 14.4. The third kappa shape index (κ3) is 3.61. The normalized spacial score (nSPS) is 18.6. The van der Waals surface area contributed by atoms with Gasteiger partial charge in [0.25, 0.3) is 0 Å². The molecule has 0 saturated heterocycles. The van der Waals surface area contributed by atoms with Crippen LogP contribution in [0.25, 0.3) is 0 Å². The van der Waals surface area contributed by atoms with Crippen molar-refractivity contribution in [2.75, 3.05) is 20.6 Å². The van der Waals surface area contributed by atoms with Crippen molar-refractivity contribution in [3.05, 3.63) is 18.2 Å². The summed E-state index contributed by atoms with van der Waals surface area (Å²) in [5, 5.41) is 3.68. The van der Waals surface area contributed by atoms with E-state index in [1.807, 2.05) is 12.5 Å². The first kappa shape index (κ1) is 15.5. The lowest BCUT2D eigenvalue weighted by atomic mass is 9.80. The number of hydrogen-bond donors (Lipinski definition) is 1. The number of rotatable bonds is 7. The molecular weight excluding hydrogens is 248 g/mol. The maximum atomic E-state index is 4.27. The van der Waals surface area contributed by atoms with Gasteiger partial charge in [-0.1, -0.05) is 26.2 Å². The molecule has 0 bridgehead atoms. The van der Waals surface area contributed by atoms with E-state index < -0.39 is 0 Å². The molecule has 0 atom stereocenters. The Morgan fingerprint density at radius 2 is 2.05 bits per heavy atom. The number of aryl methyl sites for hydroxylation is 1. The highest BCUT2D eigenvalue weighted by Crippen LogP contribution is 2.31. The van der Waals surface area contributed by atoms with Crippen molar-refractivity contribution >= 4 is 0 Å². The van der Waals surface area contributed by atoms with Crippen molar-refractivity contribution in [1.82, 2.24) is 19.8 Å². The SMILES string of the molecule is CCCn1cncc1CNCC1(N(C)C)CCCCC1. The van der Waals surface area contributed by atoms with E-state index in [9.17, 15) is 0 Å². The summed E-state index contributed by atoms with van der Waals surface area (Å²) in [6.07, 6.45) is 11.9. The van der Waals surface area contributed by atoms with Crippen LogP contribution in [-0.2, 0) is 13.1 Å². The number of nitrogens with one attached hydrogen (secondary N) is 1. The van der Waals surface area contributed by atoms with Crippen molar-refractivity contribution in [3.63, 3.8) is 0 Å². The standard InChI is InChI=1S/C16H30N4/c1-4-10-20-14-18-12-15(20)11-17-13-16(19(2)3)8-6-5-7-9-16/h12,14,17H,4-11,13H2,1-3H3. The maximum absolute atomic E-state index is 4.27. The first-order chi connectivity index (χ1) is 9.68. The van der Waals surface area contributed by atoms with Crippen molar-refractivity contribution in [2.45, 2.75) is 64.1 Å². The lowest BCUT2D eigenvalue weighted by Gasteiger charge is -2.43. The van der Waals surface area contributed by atoms with Crippen LogP contribution in [0, 0.1) is 0 Å². The van der Waals surface area contributed by atoms with E-state index in [4.69, 9.17) is 0 Å². The zero-order valence-electron chi connectivity index (χ0n) is 13.4. The van der Waals surface area contributed by atoms with E-state index in [0.717, 1.165) is 26.1 Å². The van der Waals surface area contributed by atoms with Crippen LogP contribution in [0.5, 0.6) is 0 Å². The average molecular weight is 278 g/mol. The Balaban J connectivity index is 1.88. The summed E-state index contributed by atoms with van der Waals surface area (Å²) < 4.78 is 2.26. The summed E-state index contributed by atoms with van der Waals surface area (Å²) in [6, 6.07) is 0. The van der Waals surface area contributed by atoms with Gasteiger partial charge in [-0.25, -0.2) is 4.98 Å². The van der Waals surface area contributed by atoms with Crippen LogP contribution in [0.15, 0.2) is 12.5 Å². The molecule has 1 heterocycles. The highest BCUT2D eigenvalue weighted by Gasteiger charge is 2.33. The second kappa shape index (κ2) is 7.23. The Morgan fingerprint density at radius 3 is 2.70 bits per heavy atom. The molecule has 1 aliphatic carbocycles. The smallest absolute Gasteiger partial charge is 0.0948 e. The van der Waals surface area contributed by atoms with Crippen LogP contribution in [0.3, 0.4) is 0 Å². The molecule has 4 heteroatoms. The lowest BCUT2D eigenvalue weighted by molar-refractivity contribution is 0.0982. The van der Waals surface area contributed by atoms with Gasteiger partial charge in [0.1, 0.15) is 0 Å². The maximum Gasteiger partial charge on any atom is 0.0948 e. The fourth-order valence-electron chi connectivity index (χ4n) is 3.35. The predicted molar refractivity (Wildman–Crippen MR) is 83.7 cm³/mol. The van der Waals surface area contributed by atoms with E-state index in [-0.39, 0.29) is 0 Å². The van der Waals surface area contributed by atoms with Crippen molar-refractivity contribution in [2.24, 2.45) is 0 Å². The molecule has 20 heavy (non-hydrogen) atoms. The van der Waals surface area contributed by atoms with E-state index in [1.54, 1.807) is 0 Å². The Kier molecular flexibility index (Phi) is 5.61. The molecule has 1 saturated carbocycles. The van der Waals surface area contributed by atoms with E-state index >= 15 is 0 Å². The Morgan fingerprint density at radius 1 is 1.30 bits per heavy atom. The lowest BCUT2D eigenvalue weighted by Crippen LogP contribution is -2.52. The van der Waals surface area contributed by atoms with Gasteiger partial charge in [-0.15, -0.1) is 0 Å². The Hall–Kier alpha value is -0.870. The van der Waals surface area contributed by atoms with Crippen LogP contribution in [-0.4, -0.2) is 40.6 Å². The predicted octanol–water partition coefficient (Wildman–Crippen LogP) is 2.65. The number of imidazole rings is 1. The number of likely N-dealkylation sites (N-methyl/N-ethyl adjacent to an activating group) is 1. The molecule has 1 aromatic rings. The highest BCUT2D eigenvalue weighted by molar-refractivity contribution is 4.99. The van der Waals surface area contributed by atoms with Gasteiger partial charge in [-0.05, 0) is 33.4 Å². The van der Waals surface area contributed by atoms with Gasteiger partial charge in [-0.3, -0.25) is 0 Å². The van der Waals surface area contributed by atoms with E-state index in [0.29, 0.717) is 5.54 Å². The summed E-state index contributed by atoms with van der Waals surface area (Å²) in [4.78, 5) is 6.70. The van der Waals surface area contributed by atoms with Crippen LogP contribution in [0.4, 0.5) is 0 Å². The first-order valence-corrected chi connectivity index (χ1v) is 8.05. The molecule has 1 N–H and O–H groups in total. The molecular formula is C16H30N4. The van der Waals surface area contributed by atoms with Gasteiger partial charge >= 0.3 is 0 Å². The summed E-state index contributed by atoms with van der Waals surface area (Å²) in [5.41, 5.74) is 1.66. The molecule has 0 unspecified atom stereocenters. The highest BCUT2D eigenvalue weighted by atomic mass is 15.2. The molecule has 0 amide bonds. The van der Waals surface area contributed by atoms with Crippen LogP contribution < -0.4 is 5.32 Å². The second-order valence-electron chi connectivity index (χ2n) is 6.36. The fourth-order valence-corrected chi connectivity index (χ4v) is 3.35. The summed E-state index contributed by atoms with van der Waals surface area (Å²) in [7, 11) is 4.46. The van der Waals surface area contributed by atoms with Gasteiger partial charge in [0, 0.05) is 31.4 Å². The van der Waals surface area contributed by atoms with Gasteiger partial charge < -0.3 is 14.8 Å². The zero-order valence-corrected chi connectivity index (χ0v) is 13.4. The van der Waals surface area contributed by atoms with Gasteiger partial charge in [0.15, 0.2) is 0 Å². The van der Waals surface area contributed by atoms with Gasteiger partial charge in [0.2, 0.25) is 0 Å². The minimum atomic E-state index is 0.355. The second-order valence-corrected chi connectivity index (χ2v) is 6.36. The molecule has 0 spiro atoms. The number of nitrogens with zero attached hydrogens (tertiary/aromatic N) is 3. The van der Waals surface area contributed by atoms with Crippen molar-refractivity contribution in [3.8, 4) is 0 Å². The van der Waals surface area contributed by atoms with E-state index in [2.05, 4.69) is 40.8 Å². The van der Waals surface area contributed by atoms with Crippen LogP contribution in [0.1, 0.15) is 51.1 Å². The number of hydrogen-bond acceptors (Lipinski definition) is 3. The summed E-state index contributed by atoms with van der Waals surface area (Å²) in [6.45, 7) is 5.28. The van der Waals surface area contributed by atoms with E-state index in [1.165, 1.54) is 37.8 Å². The van der Waals surface area contributed by atoms with Crippen LogP contribution in [0.2, 0.25) is 0 Å². The van der Waals surface area contributed by atoms with Crippen LogP contribution >= 0.6 is 0 Å². The Bertz CT molecular complexity index is 391.